The Morgan fingerprint density at radius 3 is 1.20 bits per heavy atom. The normalized spacial score (nSPS) is 12.9. The smallest absolute Gasteiger partial charge is 0.306 e. The van der Waals surface area contributed by atoms with E-state index in [0.717, 1.165) is 148 Å². The van der Waals surface area contributed by atoms with Crippen LogP contribution in [0, 0.1) is 0 Å². The number of allylic oxidation sites excluding steroid dienone is 14. The summed E-state index contributed by atoms with van der Waals surface area (Å²) in [6.45, 7) is 6.21. The van der Waals surface area contributed by atoms with Gasteiger partial charge in [0.05, 0.1) is 0 Å². The summed E-state index contributed by atoms with van der Waals surface area (Å²) in [5, 5.41) is 0. The van der Waals surface area contributed by atoms with Gasteiger partial charge in [0.1, 0.15) is 13.2 Å². The maximum Gasteiger partial charge on any atom is 0.306 e. The van der Waals surface area contributed by atoms with E-state index in [2.05, 4.69) is 99.8 Å². The van der Waals surface area contributed by atoms with Crippen molar-refractivity contribution in [2.45, 2.75) is 194 Å². The van der Waals surface area contributed by atoms with Crippen molar-refractivity contribution < 1.29 is 28.6 Å². The highest BCUT2D eigenvalue weighted by molar-refractivity contribution is 5.71. The summed E-state index contributed by atoms with van der Waals surface area (Å²) in [5.74, 6) is -0.958. The maximum atomic E-state index is 12.7. The standard InChI is InChI=1S/C49H80O6/c1-4-7-10-13-16-19-22-25-28-30-33-36-39-42-48(51)54-45-46(55-49(52)43-40-37-34-31-27-24-21-18-15-12-9-6-3)44-53-47(50)41-38-35-32-29-26-23-20-17-14-11-8-5-2/h7-13,16-22,46H,4-6,14-15,23-45H2,1-3H3/b10-7-,11-8-,12-9-,16-13-,20-17-,21-18-,22-19-. The molecule has 0 aliphatic heterocycles. The van der Waals surface area contributed by atoms with Gasteiger partial charge >= 0.3 is 17.9 Å². The van der Waals surface area contributed by atoms with Gasteiger partial charge in [-0.2, -0.15) is 0 Å². The van der Waals surface area contributed by atoms with Crippen molar-refractivity contribution in [2.75, 3.05) is 13.2 Å². The number of carbonyl (C=O) groups is 3. The molecule has 0 bridgehead atoms. The average Bonchev–Trinajstić information content (AvgIpc) is 3.18. The second kappa shape index (κ2) is 43.3. The fraction of sp³-hybridized carbons (Fsp3) is 0.653. The molecule has 0 radical (unpaired) electrons. The molecule has 0 aromatic heterocycles. The third kappa shape index (κ3) is 41.6. The van der Waals surface area contributed by atoms with Crippen LogP contribution in [0.2, 0.25) is 0 Å². The van der Waals surface area contributed by atoms with Crippen LogP contribution in [0.1, 0.15) is 188 Å². The summed E-state index contributed by atoms with van der Waals surface area (Å²) >= 11 is 0. The van der Waals surface area contributed by atoms with Crippen molar-refractivity contribution in [3.05, 3.63) is 85.1 Å². The Labute approximate surface area is 337 Å². The molecule has 6 heteroatoms. The molecule has 1 unspecified atom stereocenters. The van der Waals surface area contributed by atoms with Crippen LogP contribution in [0.25, 0.3) is 0 Å². The van der Waals surface area contributed by atoms with Crippen LogP contribution in [0.5, 0.6) is 0 Å². The first-order valence-electron chi connectivity index (χ1n) is 22.1. The van der Waals surface area contributed by atoms with Gasteiger partial charge in [-0.15, -0.1) is 0 Å². The Kier molecular flexibility index (Phi) is 40.6. The molecule has 0 aliphatic rings. The predicted molar refractivity (Wildman–Crippen MR) is 233 cm³/mol. The first-order chi connectivity index (χ1) is 27.0. The van der Waals surface area contributed by atoms with Gasteiger partial charge in [0, 0.05) is 19.3 Å². The number of unbranched alkanes of at least 4 members (excludes halogenated alkanes) is 15. The number of rotatable bonds is 38. The number of hydrogen-bond donors (Lipinski definition) is 0. The summed E-state index contributed by atoms with van der Waals surface area (Å²) in [7, 11) is 0. The van der Waals surface area contributed by atoms with Crippen LogP contribution in [0.4, 0.5) is 0 Å². The fourth-order valence-corrected chi connectivity index (χ4v) is 5.69. The van der Waals surface area contributed by atoms with Crippen LogP contribution >= 0.6 is 0 Å². The zero-order valence-corrected chi connectivity index (χ0v) is 35.4. The highest BCUT2D eigenvalue weighted by atomic mass is 16.6. The first kappa shape index (κ1) is 51.6. The molecular weight excluding hydrogens is 685 g/mol. The third-order valence-corrected chi connectivity index (χ3v) is 8.94. The molecule has 0 rings (SSSR count). The molecule has 0 aliphatic carbocycles. The van der Waals surface area contributed by atoms with Crippen molar-refractivity contribution >= 4 is 17.9 Å². The van der Waals surface area contributed by atoms with E-state index in [4.69, 9.17) is 14.2 Å². The van der Waals surface area contributed by atoms with Gasteiger partial charge in [-0.3, -0.25) is 14.4 Å². The summed E-state index contributed by atoms with van der Waals surface area (Å²) in [6.07, 6.45) is 54.2. The summed E-state index contributed by atoms with van der Waals surface area (Å²) < 4.78 is 16.6. The Bertz CT molecular complexity index is 1110. The molecular formula is C49H80O6. The predicted octanol–water partition coefficient (Wildman–Crippen LogP) is 14.1. The van der Waals surface area contributed by atoms with E-state index in [1.165, 1.54) is 0 Å². The van der Waals surface area contributed by atoms with Crippen molar-refractivity contribution in [1.82, 2.24) is 0 Å². The zero-order valence-electron chi connectivity index (χ0n) is 35.4. The molecule has 6 nitrogen and oxygen atoms in total. The average molecular weight is 765 g/mol. The third-order valence-electron chi connectivity index (χ3n) is 8.94. The number of hydrogen-bond acceptors (Lipinski definition) is 6. The monoisotopic (exact) mass is 765 g/mol. The lowest BCUT2D eigenvalue weighted by Crippen LogP contribution is -2.30. The van der Waals surface area contributed by atoms with Crippen LogP contribution < -0.4 is 0 Å². The molecule has 0 aromatic rings. The SMILES string of the molecule is CC\C=C/C=C\C=C/CCCCCCCC(=O)OCC(COC(=O)CCCCCCC/C=C\C/C=C\CC)OC(=O)CCCCCCC/C=C\C/C=C\CC. The molecule has 55 heavy (non-hydrogen) atoms. The van der Waals surface area contributed by atoms with Gasteiger partial charge < -0.3 is 14.2 Å². The molecule has 1 atom stereocenters. The van der Waals surface area contributed by atoms with Crippen molar-refractivity contribution in [3.63, 3.8) is 0 Å². The first-order valence-corrected chi connectivity index (χ1v) is 22.1. The Morgan fingerprint density at radius 2 is 0.745 bits per heavy atom. The lowest BCUT2D eigenvalue weighted by molar-refractivity contribution is -0.167. The maximum absolute atomic E-state index is 12.7. The number of ether oxygens (including phenoxy) is 3. The molecule has 0 N–H and O–H groups in total. The zero-order chi connectivity index (χ0) is 40.1. The van der Waals surface area contributed by atoms with Crippen molar-refractivity contribution in [1.29, 1.82) is 0 Å². The quantitative estimate of drug-likeness (QED) is 0.0205. The molecule has 0 amide bonds. The van der Waals surface area contributed by atoms with Crippen molar-refractivity contribution in [3.8, 4) is 0 Å². The molecule has 0 fully saturated rings. The Balaban J connectivity index is 4.47. The van der Waals surface area contributed by atoms with E-state index in [-0.39, 0.29) is 31.1 Å². The minimum Gasteiger partial charge on any atom is -0.462 e. The van der Waals surface area contributed by atoms with Gasteiger partial charge in [-0.25, -0.2) is 0 Å². The summed E-state index contributed by atoms with van der Waals surface area (Å²) in [6, 6.07) is 0. The van der Waals surface area contributed by atoms with Gasteiger partial charge in [0.2, 0.25) is 0 Å². The fourth-order valence-electron chi connectivity index (χ4n) is 5.69. The van der Waals surface area contributed by atoms with Gasteiger partial charge in [0.15, 0.2) is 6.10 Å². The Morgan fingerprint density at radius 1 is 0.382 bits per heavy atom. The van der Waals surface area contributed by atoms with E-state index < -0.39 is 6.10 Å². The number of esters is 3. The molecule has 0 saturated carbocycles. The van der Waals surface area contributed by atoms with E-state index >= 15 is 0 Å². The minimum atomic E-state index is -0.796. The highest BCUT2D eigenvalue weighted by Crippen LogP contribution is 2.13. The Hall–Kier alpha value is -3.41. The molecule has 0 spiro atoms. The topological polar surface area (TPSA) is 78.9 Å². The second-order valence-electron chi connectivity index (χ2n) is 14.2. The van der Waals surface area contributed by atoms with Crippen LogP contribution in [0.3, 0.4) is 0 Å². The van der Waals surface area contributed by atoms with E-state index in [0.29, 0.717) is 19.3 Å². The van der Waals surface area contributed by atoms with Crippen molar-refractivity contribution in [2.24, 2.45) is 0 Å². The van der Waals surface area contributed by atoms with Crippen LogP contribution in [0.15, 0.2) is 85.1 Å². The second-order valence-corrected chi connectivity index (χ2v) is 14.2. The lowest BCUT2D eigenvalue weighted by Gasteiger charge is -2.18. The molecule has 0 aromatic carbocycles. The van der Waals surface area contributed by atoms with Gasteiger partial charge in [-0.05, 0) is 89.9 Å². The van der Waals surface area contributed by atoms with E-state index in [1.807, 2.05) is 6.08 Å². The van der Waals surface area contributed by atoms with E-state index in [9.17, 15) is 14.4 Å². The molecule has 0 saturated heterocycles. The van der Waals surface area contributed by atoms with Crippen LogP contribution in [-0.4, -0.2) is 37.2 Å². The largest absolute Gasteiger partial charge is 0.462 e. The van der Waals surface area contributed by atoms with Gasteiger partial charge in [-0.1, -0.05) is 164 Å². The minimum absolute atomic E-state index is 0.0982. The lowest BCUT2D eigenvalue weighted by atomic mass is 10.1. The van der Waals surface area contributed by atoms with Gasteiger partial charge in [0.25, 0.3) is 0 Å². The summed E-state index contributed by atoms with van der Waals surface area (Å²) in [5.41, 5.74) is 0. The number of carbonyl (C=O) groups excluding carboxylic acids is 3. The van der Waals surface area contributed by atoms with Crippen LogP contribution in [-0.2, 0) is 28.6 Å². The highest BCUT2D eigenvalue weighted by Gasteiger charge is 2.19. The summed E-state index contributed by atoms with van der Waals surface area (Å²) in [4.78, 5) is 37.7. The molecule has 0 heterocycles. The molecule has 312 valence electrons. The van der Waals surface area contributed by atoms with E-state index in [1.54, 1.807) is 0 Å².